The number of hydrogen-bond acceptors (Lipinski definition) is 3. The lowest BCUT2D eigenvalue weighted by atomic mass is 10.1. The van der Waals surface area contributed by atoms with E-state index in [4.69, 9.17) is 11.6 Å². The molecule has 10 heteroatoms. The van der Waals surface area contributed by atoms with Crippen molar-refractivity contribution in [3.05, 3.63) is 28.8 Å². The van der Waals surface area contributed by atoms with E-state index in [1.54, 1.807) is 0 Å². The second kappa shape index (κ2) is 8.06. The van der Waals surface area contributed by atoms with E-state index in [1.165, 1.54) is 0 Å². The second-order valence-corrected chi connectivity index (χ2v) is 7.48. The van der Waals surface area contributed by atoms with Crippen LogP contribution in [0.1, 0.15) is 25.3 Å². The number of alkyl halides is 3. The van der Waals surface area contributed by atoms with E-state index in [1.807, 2.05) is 6.92 Å². The van der Waals surface area contributed by atoms with E-state index in [9.17, 15) is 26.4 Å². The number of carbonyl (C=O) groups excluding carboxylic acids is 1. The normalized spacial score (nSPS) is 12.1. The molecule has 0 aliphatic carbocycles. The molecule has 136 valence electrons. The summed E-state index contributed by atoms with van der Waals surface area (Å²) in [6.07, 6.45) is -2.59. The summed E-state index contributed by atoms with van der Waals surface area (Å²) in [6.45, 7) is 1.48. The fraction of sp³-hybridized carbons (Fsp3) is 0.500. The van der Waals surface area contributed by atoms with E-state index in [-0.39, 0.29) is 5.02 Å². The fourth-order valence-electron chi connectivity index (χ4n) is 1.92. The van der Waals surface area contributed by atoms with Crippen LogP contribution in [0.3, 0.4) is 0 Å². The van der Waals surface area contributed by atoms with Crippen molar-refractivity contribution < 1.29 is 26.4 Å². The molecule has 5 nitrogen and oxygen atoms in total. The standard InChI is InChI=1S/C14H18ClF3N2O3S/c1-3-4-7-19-13(21)9-20(24(2,22)23)12-6-5-10(15)8-11(12)14(16,17)18/h5-6,8H,3-4,7,9H2,1-2H3,(H,19,21). The molecule has 0 heterocycles. The van der Waals surface area contributed by atoms with Crippen LogP contribution in [0.4, 0.5) is 18.9 Å². The number of rotatable bonds is 7. The van der Waals surface area contributed by atoms with Crippen molar-refractivity contribution in [2.45, 2.75) is 25.9 Å². The summed E-state index contributed by atoms with van der Waals surface area (Å²) in [5.41, 5.74) is -1.86. The van der Waals surface area contributed by atoms with Crippen LogP contribution in [0.15, 0.2) is 18.2 Å². The number of anilines is 1. The van der Waals surface area contributed by atoms with Crippen LogP contribution in [0.2, 0.25) is 5.02 Å². The molecule has 0 bridgehead atoms. The number of unbranched alkanes of at least 4 members (excludes halogenated alkanes) is 1. The quantitative estimate of drug-likeness (QED) is 0.732. The Hall–Kier alpha value is -1.48. The number of sulfonamides is 1. The minimum absolute atomic E-state index is 0.188. The lowest BCUT2D eigenvalue weighted by Crippen LogP contribution is -2.41. The molecule has 1 rings (SSSR count). The maximum Gasteiger partial charge on any atom is 0.418 e. The summed E-state index contributed by atoms with van der Waals surface area (Å²) in [5, 5.41) is 2.29. The monoisotopic (exact) mass is 386 g/mol. The molecule has 1 aromatic rings. The molecule has 0 saturated carbocycles. The first-order chi connectivity index (χ1) is 11.0. The van der Waals surface area contributed by atoms with Gasteiger partial charge in [-0.3, -0.25) is 9.10 Å². The molecule has 1 amide bonds. The highest BCUT2D eigenvalue weighted by molar-refractivity contribution is 7.92. The second-order valence-electron chi connectivity index (χ2n) is 5.13. The van der Waals surface area contributed by atoms with Crippen LogP contribution in [-0.4, -0.2) is 33.7 Å². The van der Waals surface area contributed by atoms with Gasteiger partial charge in [0, 0.05) is 11.6 Å². The Morgan fingerprint density at radius 3 is 2.46 bits per heavy atom. The van der Waals surface area contributed by atoms with Gasteiger partial charge >= 0.3 is 6.18 Å². The van der Waals surface area contributed by atoms with Crippen molar-refractivity contribution in [1.82, 2.24) is 5.32 Å². The average molecular weight is 387 g/mol. The number of hydrogen-bond donors (Lipinski definition) is 1. The number of carbonyl (C=O) groups is 1. The Morgan fingerprint density at radius 2 is 1.96 bits per heavy atom. The SMILES string of the molecule is CCCCNC(=O)CN(c1ccc(Cl)cc1C(F)(F)F)S(C)(=O)=O. The molecule has 0 fully saturated rings. The third-order valence-electron chi connectivity index (χ3n) is 3.07. The summed E-state index contributed by atoms with van der Waals surface area (Å²) >= 11 is 5.58. The van der Waals surface area contributed by atoms with E-state index in [2.05, 4.69) is 5.32 Å². The lowest BCUT2D eigenvalue weighted by molar-refractivity contribution is -0.137. The van der Waals surface area contributed by atoms with E-state index in [0.717, 1.165) is 24.8 Å². The van der Waals surface area contributed by atoms with Crippen molar-refractivity contribution in [2.75, 3.05) is 23.7 Å². The van der Waals surface area contributed by atoms with Gasteiger partial charge in [0.2, 0.25) is 15.9 Å². The Morgan fingerprint density at radius 1 is 1.33 bits per heavy atom. The first-order valence-corrected chi connectivity index (χ1v) is 9.30. The van der Waals surface area contributed by atoms with Crippen molar-refractivity contribution in [3.8, 4) is 0 Å². The molecule has 0 atom stereocenters. The third kappa shape index (κ3) is 5.86. The Balaban J connectivity index is 3.22. The number of halogens is 4. The zero-order valence-corrected chi connectivity index (χ0v) is 14.7. The Bertz CT molecular complexity index is 693. The van der Waals surface area contributed by atoms with Gasteiger partial charge in [-0.15, -0.1) is 0 Å². The summed E-state index contributed by atoms with van der Waals surface area (Å²) in [6, 6.07) is 2.70. The highest BCUT2D eigenvalue weighted by atomic mass is 35.5. The van der Waals surface area contributed by atoms with Gasteiger partial charge in [-0.05, 0) is 24.6 Å². The first-order valence-electron chi connectivity index (χ1n) is 7.08. The van der Waals surface area contributed by atoms with E-state index < -0.39 is 39.9 Å². The number of nitrogens with zero attached hydrogens (tertiary/aromatic N) is 1. The largest absolute Gasteiger partial charge is 0.418 e. The maximum atomic E-state index is 13.2. The van der Waals surface area contributed by atoms with Gasteiger partial charge in [-0.1, -0.05) is 24.9 Å². The molecular weight excluding hydrogens is 369 g/mol. The molecule has 0 unspecified atom stereocenters. The average Bonchev–Trinajstić information content (AvgIpc) is 2.43. The van der Waals surface area contributed by atoms with Crippen LogP contribution in [0.25, 0.3) is 0 Å². The van der Waals surface area contributed by atoms with E-state index >= 15 is 0 Å². The van der Waals surface area contributed by atoms with Gasteiger partial charge in [-0.2, -0.15) is 13.2 Å². The predicted molar refractivity (Wildman–Crippen MR) is 86.6 cm³/mol. The van der Waals surface area contributed by atoms with Crippen molar-refractivity contribution in [1.29, 1.82) is 0 Å². The van der Waals surface area contributed by atoms with Gasteiger partial charge in [0.05, 0.1) is 17.5 Å². The summed E-state index contributed by atoms with van der Waals surface area (Å²) in [7, 11) is -4.11. The van der Waals surface area contributed by atoms with Gasteiger partial charge in [0.1, 0.15) is 6.54 Å². The van der Waals surface area contributed by atoms with Gasteiger partial charge in [-0.25, -0.2) is 8.42 Å². The number of benzene rings is 1. The fourth-order valence-corrected chi connectivity index (χ4v) is 2.97. The lowest BCUT2D eigenvalue weighted by Gasteiger charge is -2.25. The van der Waals surface area contributed by atoms with Crippen LogP contribution in [-0.2, 0) is 21.0 Å². The topological polar surface area (TPSA) is 66.5 Å². The minimum Gasteiger partial charge on any atom is -0.355 e. The molecule has 0 saturated heterocycles. The van der Waals surface area contributed by atoms with Crippen LogP contribution < -0.4 is 9.62 Å². The molecule has 0 aromatic heterocycles. The zero-order valence-electron chi connectivity index (χ0n) is 13.2. The first kappa shape index (κ1) is 20.6. The molecule has 0 aliphatic rings. The summed E-state index contributed by atoms with van der Waals surface area (Å²) in [4.78, 5) is 11.9. The Kier molecular flexibility index (Phi) is 6.91. The van der Waals surface area contributed by atoms with Gasteiger partial charge in [0.15, 0.2) is 0 Å². The highest BCUT2D eigenvalue weighted by Crippen LogP contribution is 2.38. The van der Waals surface area contributed by atoms with Gasteiger partial charge < -0.3 is 5.32 Å². The van der Waals surface area contributed by atoms with Crippen molar-refractivity contribution >= 4 is 33.2 Å². The molecule has 24 heavy (non-hydrogen) atoms. The van der Waals surface area contributed by atoms with Crippen LogP contribution in [0.5, 0.6) is 0 Å². The van der Waals surface area contributed by atoms with Crippen LogP contribution in [0, 0.1) is 0 Å². The predicted octanol–water partition coefficient (Wildman–Crippen LogP) is 3.04. The van der Waals surface area contributed by atoms with Crippen LogP contribution >= 0.6 is 11.6 Å². The molecule has 0 spiro atoms. The van der Waals surface area contributed by atoms with E-state index in [0.29, 0.717) is 23.3 Å². The minimum atomic E-state index is -4.82. The van der Waals surface area contributed by atoms with Crippen molar-refractivity contribution in [3.63, 3.8) is 0 Å². The summed E-state index contributed by atoms with van der Waals surface area (Å²) in [5.74, 6) is -0.683. The highest BCUT2D eigenvalue weighted by Gasteiger charge is 2.37. The number of amides is 1. The smallest absolute Gasteiger partial charge is 0.355 e. The zero-order chi connectivity index (χ0) is 18.5. The van der Waals surface area contributed by atoms with Crippen molar-refractivity contribution in [2.24, 2.45) is 0 Å². The molecule has 0 aliphatic heterocycles. The molecular formula is C14H18ClF3N2O3S. The number of nitrogens with one attached hydrogen (secondary N) is 1. The summed E-state index contributed by atoms with van der Waals surface area (Å²) < 4.78 is 63.8. The third-order valence-corrected chi connectivity index (χ3v) is 4.43. The molecule has 1 N–H and O–H groups in total. The maximum absolute atomic E-state index is 13.2. The molecule has 1 aromatic carbocycles. The molecule has 0 radical (unpaired) electrons. The Labute approximate surface area is 143 Å². The van der Waals surface area contributed by atoms with Gasteiger partial charge in [0.25, 0.3) is 0 Å².